The van der Waals surface area contributed by atoms with Gasteiger partial charge in [0.1, 0.15) is 0 Å². The predicted molar refractivity (Wildman–Crippen MR) is 102 cm³/mol. The number of ketones is 1. The molecule has 25 heavy (non-hydrogen) atoms. The zero-order valence-electron chi connectivity index (χ0n) is 15.3. The van der Waals surface area contributed by atoms with Gasteiger partial charge in [-0.05, 0) is 51.8 Å². The molecule has 0 spiro atoms. The van der Waals surface area contributed by atoms with Crippen LogP contribution in [0.25, 0.3) is 10.9 Å². The number of para-hydroxylation sites is 1. The molecular weight excluding hydrogens is 310 g/mol. The van der Waals surface area contributed by atoms with Gasteiger partial charge in [-0.25, -0.2) is 0 Å². The summed E-state index contributed by atoms with van der Waals surface area (Å²) in [5.41, 5.74) is 2.94. The maximum Gasteiger partial charge on any atom is 0.179 e. The van der Waals surface area contributed by atoms with Crippen LogP contribution < -0.4 is 0 Å². The monoisotopic (exact) mass is 339 g/mol. The molecule has 1 aromatic heterocycles. The number of aryl methyl sites for hydroxylation is 1. The minimum absolute atomic E-state index is 0.256. The van der Waals surface area contributed by atoms with Gasteiger partial charge in [0.15, 0.2) is 5.78 Å². The number of rotatable bonds is 4. The maximum atomic E-state index is 12.9. The summed E-state index contributed by atoms with van der Waals surface area (Å²) >= 11 is 0. The van der Waals surface area contributed by atoms with Crippen molar-refractivity contribution in [2.45, 2.75) is 45.1 Å². The van der Waals surface area contributed by atoms with Crippen LogP contribution in [0.15, 0.2) is 24.3 Å². The molecule has 0 unspecified atom stereocenters. The molecule has 0 saturated carbocycles. The van der Waals surface area contributed by atoms with E-state index in [1.165, 1.54) is 45.2 Å². The molecule has 2 fully saturated rings. The molecule has 3 heterocycles. The summed E-state index contributed by atoms with van der Waals surface area (Å²) in [6.45, 7) is 7.21. The van der Waals surface area contributed by atoms with Gasteiger partial charge in [-0.2, -0.15) is 0 Å². The average Bonchev–Trinajstić information content (AvgIpc) is 2.99. The fourth-order valence-electron chi connectivity index (χ4n) is 4.64. The minimum Gasteiger partial charge on any atom is -0.358 e. The Balaban J connectivity index is 1.38. The zero-order chi connectivity index (χ0) is 17.2. The molecule has 0 bridgehead atoms. The molecule has 0 atom stereocenters. The Hall–Kier alpha value is -1.65. The lowest BCUT2D eigenvalue weighted by Gasteiger charge is -2.40. The topological polar surface area (TPSA) is 39.3 Å². The molecule has 1 N–H and O–H groups in total. The standard InChI is InChI=1S/C21H29N3O/c1-16-21(18-7-3-4-8-19(18)22-16)20(25)15-23-13-9-17(10-14-23)24-11-5-2-6-12-24/h3-4,7-8,17,22H,2,5-6,9-15H2,1H3. The van der Waals surface area contributed by atoms with Gasteiger partial charge in [0.05, 0.1) is 6.54 Å². The number of nitrogens with one attached hydrogen (secondary N) is 1. The Bertz CT molecular complexity index is 737. The highest BCUT2D eigenvalue weighted by Gasteiger charge is 2.27. The SMILES string of the molecule is Cc1[nH]c2ccccc2c1C(=O)CN1CCC(N2CCCCC2)CC1. The van der Waals surface area contributed by atoms with Gasteiger partial charge in [-0.1, -0.05) is 24.6 Å². The number of piperidine rings is 2. The fraction of sp³-hybridized carbons (Fsp3) is 0.571. The Labute approximate surface area is 150 Å². The van der Waals surface area contributed by atoms with Gasteiger partial charge in [0, 0.05) is 41.3 Å². The largest absolute Gasteiger partial charge is 0.358 e. The average molecular weight is 339 g/mol. The number of nitrogens with zero attached hydrogens (tertiary/aromatic N) is 2. The highest BCUT2D eigenvalue weighted by Crippen LogP contribution is 2.24. The number of benzene rings is 1. The van der Waals surface area contributed by atoms with E-state index in [0.717, 1.165) is 41.3 Å². The van der Waals surface area contributed by atoms with E-state index in [1.807, 2.05) is 25.1 Å². The molecular formula is C21H29N3O. The summed E-state index contributed by atoms with van der Waals surface area (Å²) in [7, 11) is 0. The van der Waals surface area contributed by atoms with E-state index >= 15 is 0 Å². The number of likely N-dealkylation sites (tertiary alicyclic amines) is 2. The Morgan fingerprint density at radius 3 is 2.56 bits per heavy atom. The Kier molecular flexibility index (Phi) is 4.91. The van der Waals surface area contributed by atoms with Gasteiger partial charge in [0.25, 0.3) is 0 Å². The van der Waals surface area contributed by atoms with E-state index in [0.29, 0.717) is 6.54 Å². The molecule has 0 radical (unpaired) electrons. The molecule has 2 aliphatic heterocycles. The number of hydrogen-bond acceptors (Lipinski definition) is 3. The Morgan fingerprint density at radius 1 is 1.08 bits per heavy atom. The highest BCUT2D eigenvalue weighted by atomic mass is 16.1. The van der Waals surface area contributed by atoms with Crippen molar-refractivity contribution in [2.24, 2.45) is 0 Å². The highest BCUT2D eigenvalue weighted by molar-refractivity contribution is 6.10. The van der Waals surface area contributed by atoms with Crippen molar-refractivity contribution in [3.8, 4) is 0 Å². The molecule has 4 heteroatoms. The summed E-state index contributed by atoms with van der Waals surface area (Å²) in [6.07, 6.45) is 6.53. The normalized spacial score (nSPS) is 21.0. The lowest BCUT2D eigenvalue weighted by atomic mass is 9.99. The summed E-state index contributed by atoms with van der Waals surface area (Å²) in [5.74, 6) is 0.256. The van der Waals surface area contributed by atoms with Crippen molar-refractivity contribution in [1.82, 2.24) is 14.8 Å². The van der Waals surface area contributed by atoms with Crippen LogP contribution in [0, 0.1) is 6.92 Å². The summed E-state index contributed by atoms with van der Waals surface area (Å²) < 4.78 is 0. The molecule has 134 valence electrons. The van der Waals surface area contributed by atoms with Crippen LogP contribution in [0.1, 0.15) is 48.2 Å². The van der Waals surface area contributed by atoms with E-state index < -0.39 is 0 Å². The summed E-state index contributed by atoms with van der Waals surface area (Å²) in [5, 5.41) is 1.06. The van der Waals surface area contributed by atoms with Crippen molar-refractivity contribution in [3.05, 3.63) is 35.5 Å². The first-order chi connectivity index (χ1) is 12.2. The molecule has 1 aromatic carbocycles. The second kappa shape index (κ2) is 7.30. The first kappa shape index (κ1) is 16.8. The second-order valence-corrected chi connectivity index (χ2v) is 7.70. The lowest BCUT2D eigenvalue weighted by molar-refractivity contribution is 0.0775. The summed E-state index contributed by atoms with van der Waals surface area (Å²) in [4.78, 5) is 21.3. The lowest BCUT2D eigenvalue weighted by Crippen LogP contribution is -2.47. The molecule has 4 nitrogen and oxygen atoms in total. The minimum atomic E-state index is 0.256. The third-order valence-corrected chi connectivity index (χ3v) is 6.00. The number of fused-ring (bicyclic) bond motifs is 1. The van der Waals surface area contributed by atoms with Crippen molar-refractivity contribution in [1.29, 1.82) is 0 Å². The van der Waals surface area contributed by atoms with Gasteiger partial charge < -0.3 is 9.88 Å². The van der Waals surface area contributed by atoms with Crippen molar-refractivity contribution >= 4 is 16.7 Å². The number of H-pyrrole nitrogens is 1. The maximum absolute atomic E-state index is 12.9. The first-order valence-electron chi connectivity index (χ1n) is 9.79. The number of aromatic amines is 1. The number of carbonyl (C=O) groups is 1. The molecule has 4 rings (SSSR count). The number of aromatic nitrogens is 1. The zero-order valence-corrected chi connectivity index (χ0v) is 15.3. The van der Waals surface area contributed by atoms with Crippen LogP contribution in [0.3, 0.4) is 0 Å². The van der Waals surface area contributed by atoms with Crippen LogP contribution in [-0.4, -0.2) is 59.3 Å². The summed E-state index contributed by atoms with van der Waals surface area (Å²) in [6, 6.07) is 8.85. The van der Waals surface area contributed by atoms with Gasteiger partial charge in [-0.15, -0.1) is 0 Å². The second-order valence-electron chi connectivity index (χ2n) is 7.70. The first-order valence-corrected chi connectivity index (χ1v) is 9.79. The van der Waals surface area contributed by atoms with Gasteiger partial charge in [-0.3, -0.25) is 9.69 Å². The third kappa shape index (κ3) is 3.51. The van der Waals surface area contributed by atoms with Gasteiger partial charge in [0.2, 0.25) is 0 Å². The van der Waals surface area contributed by atoms with Crippen molar-refractivity contribution < 1.29 is 4.79 Å². The third-order valence-electron chi connectivity index (χ3n) is 6.00. The van der Waals surface area contributed by atoms with Gasteiger partial charge >= 0.3 is 0 Å². The van der Waals surface area contributed by atoms with E-state index in [9.17, 15) is 4.79 Å². The van der Waals surface area contributed by atoms with Crippen molar-refractivity contribution in [2.75, 3.05) is 32.7 Å². The van der Waals surface area contributed by atoms with Crippen LogP contribution in [-0.2, 0) is 0 Å². The molecule has 2 saturated heterocycles. The number of carbonyl (C=O) groups excluding carboxylic acids is 1. The van der Waals surface area contributed by atoms with Crippen LogP contribution >= 0.6 is 0 Å². The molecule has 2 aliphatic rings. The van der Waals surface area contributed by atoms with E-state index in [4.69, 9.17) is 0 Å². The number of Topliss-reactive ketones (excluding diaryl/α,β-unsaturated/α-hetero) is 1. The molecule has 0 aliphatic carbocycles. The van der Waals surface area contributed by atoms with Crippen molar-refractivity contribution in [3.63, 3.8) is 0 Å². The molecule has 2 aromatic rings. The smallest absolute Gasteiger partial charge is 0.179 e. The van der Waals surface area contributed by atoms with Crippen LogP contribution in [0.5, 0.6) is 0 Å². The van der Waals surface area contributed by atoms with E-state index in [-0.39, 0.29) is 5.78 Å². The number of hydrogen-bond donors (Lipinski definition) is 1. The quantitative estimate of drug-likeness (QED) is 0.865. The predicted octanol–water partition coefficient (Wildman–Crippen LogP) is 3.61. The fourth-order valence-corrected chi connectivity index (χ4v) is 4.64. The Morgan fingerprint density at radius 2 is 1.80 bits per heavy atom. The van der Waals surface area contributed by atoms with Crippen LogP contribution in [0.4, 0.5) is 0 Å². The van der Waals surface area contributed by atoms with E-state index in [1.54, 1.807) is 0 Å². The van der Waals surface area contributed by atoms with Crippen LogP contribution in [0.2, 0.25) is 0 Å². The van der Waals surface area contributed by atoms with E-state index in [2.05, 4.69) is 20.9 Å². The molecule has 0 amide bonds.